The van der Waals surface area contributed by atoms with Crippen LogP contribution < -0.4 is 5.32 Å². The highest BCUT2D eigenvalue weighted by Crippen LogP contribution is 2.29. The Morgan fingerprint density at radius 3 is 2.76 bits per heavy atom. The molecule has 0 aromatic heterocycles. The molecule has 2 atom stereocenters. The molecule has 1 aromatic rings. The number of aliphatic carboxylic acids is 1. The Bertz CT molecular complexity index is 685. The van der Waals surface area contributed by atoms with E-state index in [4.69, 9.17) is 5.11 Å². The lowest BCUT2D eigenvalue weighted by atomic mass is 9.87. The summed E-state index contributed by atoms with van der Waals surface area (Å²) in [6, 6.07) is 8.90. The second kappa shape index (κ2) is 11.5. The molecule has 29 heavy (non-hydrogen) atoms. The number of nitrogens with zero attached hydrogens (tertiary/aromatic N) is 2. The fourth-order valence-electron chi connectivity index (χ4n) is 4.58. The van der Waals surface area contributed by atoms with Crippen LogP contribution in [-0.4, -0.2) is 66.1 Å². The number of likely N-dealkylation sites (N-methyl/N-ethyl adjacent to an activating group) is 1. The lowest BCUT2D eigenvalue weighted by Gasteiger charge is -2.27. The van der Waals surface area contributed by atoms with Gasteiger partial charge >= 0.3 is 5.97 Å². The van der Waals surface area contributed by atoms with Crippen molar-refractivity contribution in [2.75, 3.05) is 33.2 Å². The van der Waals surface area contributed by atoms with E-state index >= 15 is 0 Å². The van der Waals surface area contributed by atoms with E-state index in [2.05, 4.69) is 34.5 Å². The fraction of sp³-hybridized carbons (Fsp3) is 0.636. The van der Waals surface area contributed by atoms with Crippen molar-refractivity contribution in [2.45, 2.75) is 57.0 Å². The van der Waals surface area contributed by atoms with Gasteiger partial charge in [0, 0.05) is 19.0 Å². The Morgan fingerprint density at radius 2 is 1.97 bits per heavy atom. The topological polar surface area (TPSA) is 72.9 Å². The van der Waals surface area contributed by atoms with Crippen molar-refractivity contribution < 1.29 is 14.7 Å². The Hall–Kier alpha value is -1.63. The number of benzene rings is 1. The number of hydrogen-bond acceptors (Lipinski definition) is 4. The molecule has 3 rings (SSSR count). The van der Waals surface area contributed by atoms with E-state index < -0.39 is 5.97 Å². The molecule has 1 aromatic carbocycles. The average Bonchev–Trinajstić information content (AvgIpc) is 2.92. The highest BCUT2D eigenvalue weighted by molar-refractivity contribution is 5.85. The van der Waals surface area contributed by atoms with Crippen molar-refractivity contribution in [2.24, 2.45) is 0 Å². The molecule has 1 saturated heterocycles. The molecule has 1 heterocycles. The lowest BCUT2D eigenvalue weighted by Crippen LogP contribution is -2.37. The summed E-state index contributed by atoms with van der Waals surface area (Å²) in [5.41, 5.74) is 2.64. The number of fused-ring (bicyclic) bond motifs is 1. The van der Waals surface area contributed by atoms with E-state index in [1.165, 1.54) is 11.1 Å². The van der Waals surface area contributed by atoms with Gasteiger partial charge in [-0.2, -0.15) is 0 Å². The normalized spacial score (nSPS) is 22.3. The molecule has 2 aliphatic rings. The Labute approximate surface area is 180 Å². The van der Waals surface area contributed by atoms with Crippen molar-refractivity contribution in [3.8, 4) is 0 Å². The van der Waals surface area contributed by atoms with Gasteiger partial charge in [-0.25, -0.2) is 0 Å². The summed E-state index contributed by atoms with van der Waals surface area (Å²) in [6.07, 6.45) is 6.80. The number of hydrogen-bond donors (Lipinski definition) is 2. The number of carboxylic acid groups (broad SMARTS) is 1. The first-order valence-electron chi connectivity index (χ1n) is 10.5. The van der Waals surface area contributed by atoms with Crippen molar-refractivity contribution in [3.05, 3.63) is 35.4 Å². The maximum absolute atomic E-state index is 12.5. The number of carbonyl (C=O) groups excluding carboxylic acids is 1. The van der Waals surface area contributed by atoms with E-state index in [1.807, 2.05) is 11.9 Å². The largest absolute Gasteiger partial charge is 0.480 e. The van der Waals surface area contributed by atoms with Crippen LogP contribution in [0, 0.1) is 0 Å². The van der Waals surface area contributed by atoms with Crippen molar-refractivity contribution in [3.63, 3.8) is 0 Å². The van der Waals surface area contributed by atoms with E-state index in [0.717, 1.165) is 58.2 Å². The van der Waals surface area contributed by atoms with Gasteiger partial charge in [0.1, 0.15) is 0 Å². The molecule has 2 unspecified atom stereocenters. The summed E-state index contributed by atoms with van der Waals surface area (Å²) in [4.78, 5) is 27.8. The van der Waals surface area contributed by atoms with Gasteiger partial charge in [-0.15, -0.1) is 12.4 Å². The van der Waals surface area contributed by atoms with Gasteiger partial charge < -0.3 is 15.3 Å². The molecular formula is C22H34ClN3O3. The number of amides is 1. The highest BCUT2D eigenvalue weighted by Gasteiger charge is 2.23. The SMILES string of the molecule is CN(CC(=O)O)C1CCCN(CCC(=O)NC2CCCc3ccccc32)CC1.Cl. The molecule has 1 fully saturated rings. The quantitative estimate of drug-likeness (QED) is 0.705. The van der Waals surface area contributed by atoms with Crippen LogP contribution in [0.25, 0.3) is 0 Å². The van der Waals surface area contributed by atoms with E-state index in [1.54, 1.807) is 0 Å². The number of halogens is 1. The monoisotopic (exact) mass is 423 g/mol. The number of aryl methyl sites for hydroxylation is 1. The Balaban J connectivity index is 0.00000300. The molecule has 162 valence electrons. The summed E-state index contributed by atoms with van der Waals surface area (Å²) < 4.78 is 0. The standard InChI is InChI=1S/C22H33N3O3.ClH/c1-24(16-22(27)28)18-8-5-13-25(14-11-18)15-12-21(26)23-20-10-4-7-17-6-2-3-9-19(17)20;/h2-3,6,9,18,20H,4-5,7-8,10-16H2,1H3,(H,23,26)(H,27,28);1H. The molecule has 0 saturated carbocycles. The first-order chi connectivity index (χ1) is 13.5. The minimum atomic E-state index is -0.774. The van der Waals surface area contributed by atoms with E-state index in [0.29, 0.717) is 12.5 Å². The van der Waals surface area contributed by atoms with E-state index in [9.17, 15) is 9.59 Å². The number of carbonyl (C=O) groups is 2. The maximum atomic E-state index is 12.5. The molecule has 1 aliphatic carbocycles. The van der Waals surface area contributed by atoms with Crippen LogP contribution in [0.1, 0.15) is 55.7 Å². The predicted octanol–water partition coefficient (Wildman–Crippen LogP) is 2.86. The third-order valence-corrected chi connectivity index (χ3v) is 6.16. The second-order valence-electron chi connectivity index (χ2n) is 8.20. The van der Waals surface area contributed by atoms with Gasteiger partial charge in [0.15, 0.2) is 0 Å². The van der Waals surface area contributed by atoms with Crippen molar-refractivity contribution in [1.29, 1.82) is 0 Å². The first kappa shape index (κ1) is 23.6. The molecule has 0 bridgehead atoms. The first-order valence-corrected chi connectivity index (χ1v) is 10.5. The number of nitrogens with one attached hydrogen (secondary N) is 1. The van der Waals surface area contributed by atoms with E-state index in [-0.39, 0.29) is 30.9 Å². The fourth-order valence-corrected chi connectivity index (χ4v) is 4.58. The second-order valence-corrected chi connectivity index (χ2v) is 8.20. The summed E-state index contributed by atoms with van der Waals surface area (Å²) in [6.45, 7) is 2.77. The Morgan fingerprint density at radius 1 is 1.17 bits per heavy atom. The van der Waals surface area contributed by atoms with Crippen LogP contribution in [0.5, 0.6) is 0 Å². The van der Waals surface area contributed by atoms with Crippen LogP contribution in [0.3, 0.4) is 0 Å². The molecule has 2 N–H and O–H groups in total. The minimum absolute atomic E-state index is 0. The smallest absolute Gasteiger partial charge is 0.317 e. The number of carboxylic acids is 1. The van der Waals surface area contributed by atoms with Gasteiger partial charge in [-0.1, -0.05) is 24.3 Å². The van der Waals surface area contributed by atoms with Gasteiger partial charge in [-0.3, -0.25) is 14.5 Å². The van der Waals surface area contributed by atoms with Crippen LogP contribution in [0.15, 0.2) is 24.3 Å². The van der Waals surface area contributed by atoms with Gasteiger partial charge in [0.25, 0.3) is 0 Å². The zero-order valence-electron chi connectivity index (χ0n) is 17.3. The highest BCUT2D eigenvalue weighted by atomic mass is 35.5. The molecule has 1 aliphatic heterocycles. The van der Waals surface area contributed by atoms with Crippen LogP contribution in [0.2, 0.25) is 0 Å². The summed E-state index contributed by atoms with van der Waals surface area (Å²) in [5.74, 6) is -0.643. The third-order valence-electron chi connectivity index (χ3n) is 6.16. The average molecular weight is 424 g/mol. The minimum Gasteiger partial charge on any atom is -0.480 e. The molecule has 1 amide bonds. The number of rotatable bonds is 7. The van der Waals surface area contributed by atoms with Crippen molar-refractivity contribution in [1.82, 2.24) is 15.1 Å². The van der Waals surface area contributed by atoms with Gasteiger partial charge in [0.2, 0.25) is 5.91 Å². The lowest BCUT2D eigenvalue weighted by molar-refractivity contribution is -0.138. The third kappa shape index (κ3) is 6.98. The Kier molecular flexibility index (Phi) is 9.40. The zero-order valence-corrected chi connectivity index (χ0v) is 18.1. The molecule has 0 radical (unpaired) electrons. The van der Waals surface area contributed by atoms with Crippen LogP contribution >= 0.6 is 12.4 Å². The summed E-state index contributed by atoms with van der Waals surface area (Å²) >= 11 is 0. The molecule has 0 spiro atoms. The van der Waals surface area contributed by atoms with Crippen LogP contribution in [0.4, 0.5) is 0 Å². The molecule has 7 heteroatoms. The van der Waals surface area contributed by atoms with Crippen molar-refractivity contribution >= 4 is 24.3 Å². The summed E-state index contributed by atoms with van der Waals surface area (Å²) in [7, 11) is 1.89. The molecular weight excluding hydrogens is 390 g/mol. The zero-order chi connectivity index (χ0) is 19.9. The maximum Gasteiger partial charge on any atom is 0.317 e. The predicted molar refractivity (Wildman–Crippen MR) is 116 cm³/mol. The van der Waals surface area contributed by atoms with Crippen LogP contribution in [-0.2, 0) is 16.0 Å². The van der Waals surface area contributed by atoms with Gasteiger partial charge in [-0.05, 0) is 69.8 Å². The number of likely N-dealkylation sites (tertiary alicyclic amines) is 1. The van der Waals surface area contributed by atoms with Gasteiger partial charge in [0.05, 0.1) is 12.6 Å². The molecule has 6 nitrogen and oxygen atoms in total. The summed E-state index contributed by atoms with van der Waals surface area (Å²) in [5, 5.41) is 12.2.